The molecule has 0 radical (unpaired) electrons. The fourth-order valence-electron chi connectivity index (χ4n) is 2.50. The number of nitrogens with one attached hydrogen (secondary N) is 2. The third-order valence-electron chi connectivity index (χ3n) is 3.75. The first-order valence-electron chi connectivity index (χ1n) is 7.34. The van der Waals surface area contributed by atoms with E-state index in [-0.39, 0.29) is 5.91 Å². The molecular formula is C18H16ClN3O2. The van der Waals surface area contributed by atoms with Crippen LogP contribution in [0.15, 0.2) is 47.6 Å². The van der Waals surface area contributed by atoms with Gasteiger partial charge in [-0.1, -0.05) is 17.7 Å². The van der Waals surface area contributed by atoms with E-state index < -0.39 is 0 Å². The molecule has 2 N–H and O–H groups in total. The average molecular weight is 342 g/mol. The van der Waals surface area contributed by atoms with E-state index in [9.17, 15) is 4.79 Å². The van der Waals surface area contributed by atoms with Crippen LogP contribution in [0.3, 0.4) is 0 Å². The van der Waals surface area contributed by atoms with Crippen LogP contribution in [0.2, 0.25) is 5.02 Å². The number of carbonyl (C=O) groups is 1. The maximum Gasteiger partial charge on any atom is 0.288 e. The molecule has 1 heterocycles. The van der Waals surface area contributed by atoms with Crippen LogP contribution in [0, 0.1) is 6.92 Å². The van der Waals surface area contributed by atoms with Gasteiger partial charge < -0.3 is 9.72 Å². The van der Waals surface area contributed by atoms with Crippen molar-refractivity contribution in [2.24, 2.45) is 5.10 Å². The molecule has 0 spiro atoms. The van der Waals surface area contributed by atoms with Crippen molar-refractivity contribution in [2.75, 3.05) is 7.11 Å². The number of hydrogen-bond acceptors (Lipinski definition) is 3. The Morgan fingerprint density at radius 3 is 2.67 bits per heavy atom. The second-order valence-electron chi connectivity index (χ2n) is 5.26. The van der Waals surface area contributed by atoms with Gasteiger partial charge in [-0.15, -0.1) is 0 Å². The Labute approximate surface area is 144 Å². The molecule has 1 amide bonds. The molecule has 0 bridgehead atoms. The van der Waals surface area contributed by atoms with Crippen molar-refractivity contribution in [3.05, 3.63) is 64.3 Å². The monoisotopic (exact) mass is 341 g/mol. The molecular weight excluding hydrogens is 326 g/mol. The Kier molecular flexibility index (Phi) is 4.53. The molecule has 6 heteroatoms. The molecule has 5 nitrogen and oxygen atoms in total. The van der Waals surface area contributed by atoms with Crippen molar-refractivity contribution in [1.82, 2.24) is 10.4 Å². The van der Waals surface area contributed by atoms with Crippen molar-refractivity contribution in [3.8, 4) is 5.75 Å². The molecule has 0 fully saturated rings. The molecule has 24 heavy (non-hydrogen) atoms. The fourth-order valence-corrected chi connectivity index (χ4v) is 2.82. The van der Waals surface area contributed by atoms with Crippen LogP contribution >= 0.6 is 11.6 Å². The van der Waals surface area contributed by atoms with E-state index in [0.717, 1.165) is 27.8 Å². The zero-order chi connectivity index (χ0) is 17.1. The molecule has 3 aromatic rings. The lowest BCUT2D eigenvalue weighted by molar-refractivity contribution is 0.0950. The van der Waals surface area contributed by atoms with Gasteiger partial charge in [0.05, 0.1) is 18.3 Å². The van der Waals surface area contributed by atoms with Crippen molar-refractivity contribution in [2.45, 2.75) is 6.92 Å². The number of aromatic amines is 1. The second-order valence-corrected chi connectivity index (χ2v) is 5.67. The minimum Gasteiger partial charge on any atom is -0.497 e. The molecule has 3 rings (SSSR count). The molecule has 0 aliphatic rings. The minimum atomic E-state index is -0.315. The largest absolute Gasteiger partial charge is 0.497 e. The predicted molar refractivity (Wildman–Crippen MR) is 96.1 cm³/mol. The summed E-state index contributed by atoms with van der Waals surface area (Å²) in [4.78, 5) is 15.4. The minimum absolute atomic E-state index is 0.315. The van der Waals surface area contributed by atoms with E-state index in [1.165, 1.54) is 0 Å². The summed E-state index contributed by atoms with van der Waals surface area (Å²) < 4.78 is 5.09. The van der Waals surface area contributed by atoms with Gasteiger partial charge in [0.2, 0.25) is 0 Å². The SMILES string of the molecule is COc1ccc(/C=N\NC(=O)c2[nH]c3cccc(Cl)c3c2C)cc1. The van der Waals surface area contributed by atoms with E-state index in [2.05, 4.69) is 15.5 Å². The highest BCUT2D eigenvalue weighted by molar-refractivity contribution is 6.36. The molecule has 0 aliphatic heterocycles. The molecule has 2 aromatic carbocycles. The van der Waals surface area contributed by atoms with Crippen molar-refractivity contribution in [3.63, 3.8) is 0 Å². The van der Waals surface area contributed by atoms with Gasteiger partial charge in [0, 0.05) is 10.9 Å². The van der Waals surface area contributed by atoms with Crippen molar-refractivity contribution in [1.29, 1.82) is 0 Å². The second kappa shape index (κ2) is 6.76. The quantitative estimate of drug-likeness (QED) is 0.558. The number of rotatable bonds is 4. The topological polar surface area (TPSA) is 66.5 Å². The lowest BCUT2D eigenvalue weighted by Gasteiger charge is -2.00. The third-order valence-corrected chi connectivity index (χ3v) is 4.06. The number of carbonyl (C=O) groups excluding carboxylic acids is 1. The Morgan fingerprint density at radius 2 is 2.00 bits per heavy atom. The van der Waals surface area contributed by atoms with Crippen LogP contribution < -0.4 is 10.2 Å². The number of amides is 1. The van der Waals surface area contributed by atoms with Crippen LogP contribution in [0.5, 0.6) is 5.75 Å². The number of halogens is 1. The van der Waals surface area contributed by atoms with E-state index in [4.69, 9.17) is 16.3 Å². The third kappa shape index (κ3) is 3.12. The lowest BCUT2D eigenvalue weighted by Crippen LogP contribution is -2.18. The maximum atomic E-state index is 12.3. The van der Waals surface area contributed by atoms with Crippen LogP contribution in [0.4, 0.5) is 0 Å². The summed E-state index contributed by atoms with van der Waals surface area (Å²) in [7, 11) is 1.61. The van der Waals surface area contributed by atoms with Gasteiger partial charge in [0.1, 0.15) is 11.4 Å². The van der Waals surface area contributed by atoms with E-state index in [1.807, 2.05) is 43.3 Å². The van der Waals surface area contributed by atoms with Crippen LogP contribution in [-0.2, 0) is 0 Å². The van der Waals surface area contributed by atoms with Gasteiger partial charge >= 0.3 is 0 Å². The van der Waals surface area contributed by atoms with Crippen LogP contribution in [0.25, 0.3) is 10.9 Å². The van der Waals surface area contributed by atoms with Crippen molar-refractivity contribution < 1.29 is 9.53 Å². The number of ether oxygens (including phenoxy) is 1. The van der Waals surface area contributed by atoms with Crippen LogP contribution in [-0.4, -0.2) is 24.2 Å². The number of aryl methyl sites for hydroxylation is 1. The number of hydrazone groups is 1. The van der Waals surface area contributed by atoms with Gasteiger partial charge in [-0.05, 0) is 54.4 Å². The zero-order valence-electron chi connectivity index (χ0n) is 13.3. The Bertz CT molecular complexity index is 914. The van der Waals surface area contributed by atoms with Crippen LogP contribution in [0.1, 0.15) is 21.6 Å². The molecule has 0 aliphatic carbocycles. The summed E-state index contributed by atoms with van der Waals surface area (Å²) in [5, 5.41) is 5.45. The first-order valence-corrected chi connectivity index (χ1v) is 7.72. The lowest BCUT2D eigenvalue weighted by atomic mass is 10.1. The summed E-state index contributed by atoms with van der Waals surface area (Å²) in [6.07, 6.45) is 1.57. The number of hydrogen-bond donors (Lipinski definition) is 2. The van der Waals surface area contributed by atoms with Gasteiger partial charge in [0.25, 0.3) is 5.91 Å². The Morgan fingerprint density at radius 1 is 1.25 bits per heavy atom. The number of H-pyrrole nitrogens is 1. The smallest absolute Gasteiger partial charge is 0.288 e. The number of benzene rings is 2. The molecule has 122 valence electrons. The highest BCUT2D eigenvalue weighted by Gasteiger charge is 2.15. The van der Waals surface area contributed by atoms with Gasteiger partial charge in [-0.25, -0.2) is 5.43 Å². The average Bonchev–Trinajstić information content (AvgIpc) is 2.93. The van der Waals surface area contributed by atoms with Crippen molar-refractivity contribution >= 4 is 34.6 Å². The highest BCUT2D eigenvalue weighted by atomic mass is 35.5. The Balaban J connectivity index is 1.76. The summed E-state index contributed by atoms with van der Waals surface area (Å²) in [5.74, 6) is 0.450. The zero-order valence-corrected chi connectivity index (χ0v) is 14.0. The summed E-state index contributed by atoms with van der Waals surface area (Å²) in [5.41, 5.74) is 5.45. The van der Waals surface area contributed by atoms with Gasteiger partial charge in [-0.3, -0.25) is 4.79 Å². The number of aromatic nitrogens is 1. The number of nitrogens with zero attached hydrogens (tertiary/aromatic N) is 1. The molecule has 0 atom stereocenters. The van der Waals surface area contributed by atoms with E-state index in [0.29, 0.717) is 10.7 Å². The summed E-state index contributed by atoms with van der Waals surface area (Å²) in [6, 6.07) is 12.9. The summed E-state index contributed by atoms with van der Waals surface area (Å²) >= 11 is 6.20. The van der Waals surface area contributed by atoms with Gasteiger partial charge in [0.15, 0.2) is 0 Å². The predicted octanol–water partition coefficient (Wildman–Crippen LogP) is 3.90. The highest BCUT2D eigenvalue weighted by Crippen LogP contribution is 2.28. The maximum absolute atomic E-state index is 12.3. The summed E-state index contributed by atoms with van der Waals surface area (Å²) in [6.45, 7) is 1.85. The number of fused-ring (bicyclic) bond motifs is 1. The number of methoxy groups -OCH3 is 1. The molecule has 0 saturated carbocycles. The standard InChI is InChI=1S/C18H16ClN3O2/c1-11-16-14(19)4-3-5-15(16)21-17(11)18(23)22-20-10-12-6-8-13(24-2)9-7-12/h3-10,21H,1-2H3,(H,22,23)/b20-10-. The molecule has 0 unspecified atom stereocenters. The first kappa shape index (κ1) is 16.1. The van der Waals surface area contributed by atoms with E-state index in [1.54, 1.807) is 19.4 Å². The normalized spacial score (nSPS) is 11.1. The Hall–Kier alpha value is -2.79. The van der Waals surface area contributed by atoms with E-state index >= 15 is 0 Å². The first-order chi connectivity index (χ1) is 11.6. The fraction of sp³-hybridized carbons (Fsp3) is 0.111. The van der Waals surface area contributed by atoms with Gasteiger partial charge in [-0.2, -0.15) is 5.10 Å². The molecule has 0 saturated heterocycles. The molecule has 1 aromatic heterocycles.